The second-order valence-electron chi connectivity index (χ2n) is 7.20. The normalized spacial score (nSPS) is 23.1. The maximum Gasteiger partial charge on any atom is 0.314 e. The molecule has 0 aliphatic heterocycles. The lowest BCUT2D eigenvalue weighted by Crippen LogP contribution is -2.41. The van der Waals surface area contributed by atoms with Gasteiger partial charge in [0.05, 0.1) is 6.61 Å². The highest BCUT2D eigenvalue weighted by atomic mass is 16.5. The number of carbonyl (C=O) groups excluding carboxylic acids is 2. The highest BCUT2D eigenvalue weighted by Gasteiger charge is 2.32. The molecule has 0 fully saturated rings. The first-order valence-electron chi connectivity index (χ1n) is 9.34. The number of ether oxygens (including phenoxy) is 1. The van der Waals surface area contributed by atoms with E-state index >= 15 is 0 Å². The summed E-state index contributed by atoms with van der Waals surface area (Å²) >= 11 is 0. The monoisotopic (exact) mass is 353 g/mol. The summed E-state index contributed by atoms with van der Waals surface area (Å²) in [7, 11) is 1.63. The summed E-state index contributed by atoms with van der Waals surface area (Å²) in [6.07, 6.45) is 3.76. The molecule has 1 aliphatic carbocycles. The van der Waals surface area contributed by atoms with E-state index in [4.69, 9.17) is 4.74 Å². The number of methoxy groups -OCH3 is 1. The van der Waals surface area contributed by atoms with Gasteiger partial charge >= 0.3 is 6.03 Å². The third-order valence-corrected chi connectivity index (χ3v) is 4.98. The van der Waals surface area contributed by atoms with E-state index < -0.39 is 0 Å². The molecule has 3 unspecified atom stereocenters. The molecule has 25 heavy (non-hydrogen) atoms. The minimum atomic E-state index is -0.115. The van der Waals surface area contributed by atoms with Crippen molar-refractivity contribution < 1.29 is 14.3 Å². The van der Waals surface area contributed by atoms with Crippen LogP contribution in [0.1, 0.15) is 40.5 Å². The minimum absolute atomic E-state index is 0.0798. The van der Waals surface area contributed by atoms with Crippen molar-refractivity contribution in [1.82, 2.24) is 16.0 Å². The number of hydrogen-bond donors (Lipinski definition) is 3. The summed E-state index contributed by atoms with van der Waals surface area (Å²) in [5.41, 5.74) is 1.25. The summed E-state index contributed by atoms with van der Waals surface area (Å²) in [5, 5.41) is 8.63. The number of allylic oxidation sites excluding steroid dienone is 1. The van der Waals surface area contributed by atoms with Crippen LogP contribution in [0.15, 0.2) is 11.6 Å². The van der Waals surface area contributed by atoms with Crippen LogP contribution in [0.2, 0.25) is 0 Å². The maximum atomic E-state index is 12.1. The number of nitrogens with one attached hydrogen (secondary N) is 3. The predicted octanol–water partition coefficient (Wildman–Crippen LogP) is 2.31. The van der Waals surface area contributed by atoms with Crippen LogP contribution in [-0.4, -0.2) is 45.3 Å². The van der Waals surface area contributed by atoms with Crippen molar-refractivity contribution in [3.8, 4) is 0 Å². The molecule has 144 valence electrons. The lowest BCUT2D eigenvalue weighted by Gasteiger charge is -2.37. The zero-order chi connectivity index (χ0) is 18.8. The Bertz CT molecular complexity index is 463. The van der Waals surface area contributed by atoms with Gasteiger partial charge < -0.3 is 20.7 Å². The van der Waals surface area contributed by atoms with Crippen LogP contribution in [0.25, 0.3) is 0 Å². The van der Waals surface area contributed by atoms with Crippen LogP contribution in [0.5, 0.6) is 0 Å². The van der Waals surface area contributed by atoms with Crippen molar-refractivity contribution in [3.05, 3.63) is 11.6 Å². The molecule has 0 radical (unpaired) electrons. The molecule has 6 nitrogen and oxygen atoms in total. The Kier molecular flexibility index (Phi) is 9.57. The van der Waals surface area contributed by atoms with Gasteiger partial charge in [0.15, 0.2) is 0 Å². The molecule has 1 rings (SSSR count). The van der Waals surface area contributed by atoms with Crippen molar-refractivity contribution in [2.24, 2.45) is 23.7 Å². The lowest BCUT2D eigenvalue weighted by atomic mass is 9.70. The van der Waals surface area contributed by atoms with E-state index in [1.54, 1.807) is 7.11 Å². The van der Waals surface area contributed by atoms with Gasteiger partial charge in [0.25, 0.3) is 0 Å². The molecule has 0 aromatic rings. The number of urea groups is 1. The van der Waals surface area contributed by atoms with Crippen LogP contribution in [-0.2, 0) is 9.53 Å². The van der Waals surface area contributed by atoms with E-state index in [0.717, 1.165) is 6.42 Å². The second kappa shape index (κ2) is 11.1. The number of carbonyl (C=O) groups is 2. The molecular weight excluding hydrogens is 318 g/mol. The fraction of sp³-hybridized carbons (Fsp3) is 0.789. The Hall–Kier alpha value is -1.56. The van der Waals surface area contributed by atoms with E-state index in [9.17, 15) is 9.59 Å². The van der Waals surface area contributed by atoms with Gasteiger partial charge in [0.2, 0.25) is 5.91 Å². The van der Waals surface area contributed by atoms with E-state index in [-0.39, 0.29) is 17.9 Å². The zero-order valence-corrected chi connectivity index (χ0v) is 16.4. The van der Waals surface area contributed by atoms with Crippen LogP contribution in [0.3, 0.4) is 0 Å². The molecular formula is C19H35N3O3. The van der Waals surface area contributed by atoms with Gasteiger partial charge in [-0.3, -0.25) is 4.79 Å². The molecule has 0 spiro atoms. The molecule has 0 aromatic carbocycles. The Balaban J connectivity index is 2.66. The highest BCUT2D eigenvalue weighted by Crippen LogP contribution is 2.38. The Morgan fingerprint density at radius 1 is 1.28 bits per heavy atom. The summed E-state index contributed by atoms with van der Waals surface area (Å²) < 4.78 is 4.96. The van der Waals surface area contributed by atoms with E-state index in [1.807, 2.05) is 6.92 Å². The van der Waals surface area contributed by atoms with Gasteiger partial charge in [-0.2, -0.15) is 0 Å². The van der Waals surface area contributed by atoms with E-state index in [1.165, 1.54) is 5.57 Å². The van der Waals surface area contributed by atoms with Gasteiger partial charge in [0, 0.05) is 33.2 Å². The van der Waals surface area contributed by atoms with Gasteiger partial charge in [-0.15, -0.1) is 0 Å². The maximum absolute atomic E-state index is 12.1. The predicted molar refractivity (Wildman–Crippen MR) is 100 cm³/mol. The third kappa shape index (κ3) is 7.46. The molecule has 3 amide bonds. The topological polar surface area (TPSA) is 79.5 Å². The molecule has 6 heteroatoms. The van der Waals surface area contributed by atoms with E-state index in [2.05, 4.69) is 42.8 Å². The first kappa shape index (κ1) is 21.5. The quantitative estimate of drug-likeness (QED) is 0.440. The van der Waals surface area contributed by atoms with Gasteiger partial charge in [-0.25, -0.2) is 4.79 Å². The zero-order valence-electron chi connectivity index (χ0n) is 16.4. The van der Waals surface area contributed by atoms with Crippen LogP contribution in [0.4, 0.5) is 4.79 Å². The SMILES string of the molecule is CCNC(=O)NCC1C=C(C)C(CC(=O)NCCOC)CC1C(C)C. The Morgan fingerprint density at radius 2 is 2.00 bits per heavy atom. The summed E-state index contributed by atoms with van der Waals surface area (Å²) in [6, 6.07) is -0.115. The molecule has 1 aliphatic rings. The lowest BCUT2D eigenvalue weighted by molar-refractivity contribution is -0.122. The van der Waals surface area contributed by atoms with Crippen LogP contribution >= 0.6 is 0 Å². The van der Waals surface area contributed by atoms with Gasteiger partial charge in [-0.1, -0.05) is 25.5 Å². The number of rotatable bonds is 9. The minimum Gasteiger partial charge on any atom is -0.383 e. The van der Waals surface area contributed by atoms with Crippen LogP contribution in [0, 0.1) is 23.7 Å². The Morgan fingerprint density at radius 3 is 2.60 bits per heavy atom. The standard InChI is InChI=1S/C19H35N3O3/c1-6-20-19(24)22-12-16-9-14(4)15(10-17(16)13(2)3)11-18(23)21-7-8-25-5/h9,13,15-17H,6-8,10-12H2,1-5H3,(H,21,23)(H2,20,22,24). The third-order valence-electron chi connectivity index (χ3n) is 4.98. The van der Waals surface area contributed by atoms with E-state index in [0.29, 0.717) is 50.4 Å². The number of amides is 3. The van der Waals surface area contributed by atoms with Crippen molar-refractivity contribution >= 4 is 11.9 Å². The molecule has 3 N–H and O–H groups in total. The van der Waals surface area contributed by atoms with Crippen LogP contribution < -0.4 is 16.0 Å². The first-order chi connectivity index (χ1) is 11.9. The Labute approximate surface area is 152 Å². The average molecular weight is 354 g/mol. The largest absolute Gasteiger partial charge is 0.383 e. The van der Waals surface area contributed by atoms with Gasteiger partial charge in [-0.05, 0) is 43.9 Å². The molecule has 0 bridgehead atoms. The molecule has 0 saturated carbocycles. The highest BCUT2D eigenvalue weighted by molar-refractivity contribution is 5.76. The van der Waals surface area contributed by atoms with Gasteiger partial charge in [0.1, 0.15) is 0 Å². The first-order valence-corrected chi connectivity index (χ1v) is 9.34. The molecule has 0 aromatic heterocycles. The average Bonchev–Trinajstić information content (AvgIpc) is 2.55. The molecule has 3 atom stereocenters. The number of hydrogen-bond acceptors (Lipinski definition) is 3. The van der Waals surface area contributed by atoms with Crippen molar-refractivity contribution in [2.45, 2.75) is 40.5 Å². The smallest absolute Gasteiger partial charge is 0.314 e. The summed E-state index contributed by atoms with van der Waals surface area (Å²) in [4.78, 5) is 23.8. The summed E-state index contributed by atoms with van der Waals surface area (Å²) in [6.45, 7) is 10.8. The fourth-order valence-corrected chi connectivity index (χ4v) is 3.53. The molecule has 0 heterocycles. The van der Waals surface area contributed by atoms with Crippen molar-refractivity contribution in [1.29, 1.82) is 0 Å². The summed E-state index contributed by atoms with van der Waals surface area (Å²) in [5.74, 6) is 1.63. The fourth-order valence-electron chi connectivity index (χ4n) is 3.53. The second-order valence-corrected chi connectivity index (χ2v) is 7.20. The molecule has 0 saturated heterocycles. The van der Waals surface area contributed by atoms with Crippen molar-refractivity contribution in [3.63, 3.8) is 0 Å². The van der Waals surface area contributed by atoms with Crippen molar-refractivity contribution in [2.75, 3.05) is 33.4 Å².